The Labute approximate surface area is 170 Å². The molecule has 0 atom stereocenters. The molecule has 4 heteroatoms. The summed E-state index contributed by atoms with van der Waals surface area (Å²) in [5, 5.41) is 0. The van der Waals surface area contributed by atoms with Gasteiger partial charge in [0.1, 0.15) is 0 Å². The Morgan fingerprint density at radius 3 is 1.96 bits per heavy atom. The van der Waals surface area contributed by atoms with Crippen LogP contribution in [0.3, 0.4) is 0 Å². The Bertz CT molecular complexity index is 579. The van der Waals surface area contributed by atoms with Gasteiger partial charge in [-0.1, -0.05) is 70.0 Å². The van der Waals surface area contributed by atoms with E-state index in [1.807, 2.05) is 0 Å². The van der Waals surface area contributed by atoms with Crippen LogP contribution in [0.2, 0.25) is 18.1 Å². The van der Waals surface area contributed by atoms with E-state index in [0.717, 1.165) is 37.5 Å². The van der Waals surface area contributed by atoms with Crippen LogP contribution in [0.15, 0.2) is 12.1 Å². The minimum Gasteiger partial charge on any atom is -0.204 e. The fourth-order valence-corrected chi connectivity index (χ4v) is 9.18. The Morgan fingerprint density at radius 2 is 1.39 bits per heavy atom. The average molecular weight is 411 g/mol. The van der Waals surface area contributed by atoms with Crippen molar-refractivity contribution in [3.8, 4) is 0 Å². The van der Waals surface area contributed by atoms with Crippen molar-refractivity contribution in [1.29, 1.82) is 0 Å². The lowest BCUT2D eigenvalue weighted by Gasteiger charge is -2.32. The van der Waals surface area contributed by atoms with Gasteiger partial charge in [-0.25, -0.2) is 13.2 Å². The Morgan fingerprint density at radius 1 is 0.821 bits per heavy atom. The first-order chi connectivity index (χ1) is 13.6. The van der Waals surface area contributed by atoms with E-state index in [1.54, 1.807) is 18.1 Å². The second kappa shape index (κ2) is 10.8. The molecule has 0 radical (unpaired) electrons. The zero-order valence-electron chi connectivity index (χ0n) is 17.5. The molecule has 0 spiro atoms. The highest BCUT2D eigenvalue weighted by Gasteiger charge is 2.26. The summed E-state index contributed by atoms with van der Waals surface area (Å²) in [5.74, 6) is -1.54. The van der Waals surface area contributed by atoms with Crippen LogP contribution in [0.5, 0.6) is 0 Å². The second-order valence-electron chi connectivity index (χ2n) is 9.48. The third kappa shape index (κ3) is 6.11. The number of halogens is 3. The lowest BCUT2D eigenvalue weighted by Crippen LogP contribution is -2.22. The molecule has 28 heavy (non-hydrogen) atoms. The number of rotatable bonds is 8. The van der Waals surface area contributed by atoms with Gasteiger partial charge in [-0.2, -0.15) is 0 Å². The maximum Gasteiger partial charge on any atom is 0.194 e. The molecule has 0 nitrogen and oxygen atoms in total. The van der Waals surface area contributed by atoms with Crippen molar-refractivity contribution >= 4 is 8.80 Å². The molecule has 1 heterocycles. The van der Waals surface area contributed by atoms with Crippen LogP contribution in [0.1, 0.15) is 89.0 Å². The first-order valence-corrected chi connectivity index (χ1v) is 14.2. The largest absolute Gasteiger partial charge is 0.204 e. The maximum absolute atomic E-state index is 13.5. The number of hydrogen-bond donors (Lipinski definition) is 0. The highest BCUT2D eigenvalue weighted by molar-refractivity contribution is 6.58. The van der Waals surface area contributed by atoms with Crippen molar-refractivity contribution in [2.24, 2.45) is 11.8 Å². The third-order valence-electron chi connectivity index (χ3n) is 7.49. The average Bonchev–Trinajstić information content (AvgIpc) is 2.71. The van der Waals surface area contributed by atoms with Crippen molar-refractivity contribution in [2.45, 2.75) is 102 Å². The van der Waals surface area contributed by atoms with Gasteiger partial charge in [-0.15, -0.1) is 0 Å². The first-order valence-electron chi connectivity index (χ1n) is 11.7. The first kappa shape index (κ1) is 21.9. The zero-order valence-corrected chi connectivity index (χ0v) is 18.7. The molecule has 0 N–H and O–H groups in total. The maximum atomic E-state index is 13.5. The summed E-state index contributed by atoms with van der Waals surface area (Å²) in [6.07, 6.45) is 14.2. The molecule has 3 rings (SSSR count). The lowest BCUT2D eigenvalue weighted by atomic mass is 9.76. The van der Waals surface area contributed by atoms with Crippen molar-refractivity contribution in [2.75, 3.05) is 0 Å². The Hall–Kier alpha value is -0.773. The topological polar surface area (TPSA) is 0 Å². The van der Waals surface area contributed by atoms with Gasteiger partial charge in [0.05, 0.1) is 0 Å². The Kier molecular flexibility index (Phi) is 8.49. The van der Waals surface area contributed by atoms with E-state index in [9.17, 15) is 13.2 Å². The molecule has 0 bridgehead atoms. The fraction of sp³-hybridized carbons (Fsp3) is 0.750. The molecule has 2 aliphatic rings. The molecule has 1 saturated carbocycles. The minimum atomic E-state index is -1.35. The van der Waals surface area contributed by atoms with Crippen molar-refractivity contribution in [3.63, 3.8) is 0 Å². The molecule has 158 valence electrons. The highest BCUT2D eigenvalue weighted by Crippen LogP contribution is 2.40. The summed E-state index contributed by atoms with van der Waals surface area (Å²) in [6, 6.07) is 7.12. The van der Waals surface area contributed by atoms with Crippen LogP contribution < -0.4 is 0 Å². The number of benzene rings is 1. The predicted molar refractivity (Wildman–Crippen MR) is 114 cm³/mol. The van der Waals surface area contributed by atoms with Gasteiger partial charge in [-0.3, -0.25) is 0 Å². The molecule has 1 saturated heterocycles. The molecule has 2 fully saturated rings. The third-order valence-corrected chi connectivity index (χ3v) is 11.0. The normalized spacial score (nSPS) is 28.4. The molecule has 0 unspecified atom stereocenters. The highest BCUT2D eigenvalue weighted by atomic mass is 28.3. The van der Waals surface area contributed by atoms with Gasteiger partial charge >= 0.3 is 0 Å². The van der Waals surface area contributed by atoms with E-state index in [2.05, 4.69) is 6.92 Å². The van der Waals surface area contributed by atoms with Crippen LogP contribution in [0.25, 0.3) is 0 Å². The van der Waals surface area contributed by atoms with Gasteiger partial charge in [0.2, 0.25) is 0 Å². The summed E-state index contributed by atoms with van der Waals surface area (Å²) in [7, 11) is -0.399. The quantitative estimate of drug-likeness (QED) is 0.231. The minimum absolute atomic E-state index is 0.186. The molecule has 0 amide bonds. The summed E-state index contributed by atoms with van der Waals surface area (Å²) >= 11 is 0. The lowest BCUT2D eigenvalue weighted by molar-refractivity contribution is 0.279. The van der Waals surface area contributed by atoms with E-state index < -0.39 is 26.2 Å². The summed E-state index contributed by atoms with van der Waals surface area (Å²) in [5.41, 5.74) is 0.640. The number of unbranched alkanes of at least 4 members (excludes halogenated alkanes) is 2. The summed E-state index contributed by atoms with van der Waals surface area (Å²) < 4.78 is 40.2. The van der Waals surface area contributed by atoms with Crippen LogP contribution >= 0.6 is 0 Å². The van der Waals surface area contributed by atoms with E-state index in [0.29, 0.717) is 5.56 Å². The van der Waals surface area contributed by atoms with Crippen LogP contribution in [0.4, 0.5) is 13.2 Å². The van der Waals surface area contributed by atoms with Crippen LogP contribution in [0, 0.1) is 29.3 Å². The van der Waals surface area contributed by atoms with E-state index >= 15 is 0 Å². The monoisotopic (exact) mass is 410 g/mol. The Balaban J connectivity index is 1.35. The number of hydrogen-bond acceptors (Lipinski definition) is 0. The zero-order chi connectivity index (χ0) is 19.9. The fourth-order valence-electron chi connectivity index (χ4n) is 5.56. The molecule has 1 aromatic rings. The molecule has 1 aliphatic carbocycles. The molecular formula is C24H37F3Si. The van der Waals surface area contributed by atoms with Crippen molar-refractivity contribution in [3.05, 3.63) is 35.1 Å². The SMILES string of the molecule is CCCCC[SiH]1CCC(CCC2CCC(c3cc(F)c(F)c(F)c3)CC2)CC1. The van der Waals surface area contributed by atoms with Crippen LogP contribution in [-0.2, 0) is 0 Å². The smallest absolute Gasteiger partial charge is 0.194 e. The van der Waals surface area contributed by atoms with Gasteiger partial charge in [0, 0.05) is 8.80 Å². The molecular weight excluding hydrogens is 373 g/mol. The van der Waals surface area contributed by atoms with Gasteiger partial charge in [0.15, 0.2) is 17.5 Å². The summed E-state index contributed by atoms with van der Waals surface area (Å²) in [4.78, 5) is 0. The van der Waals surface area contributed by atoms with Crippen molar-refractivity contribution < 1.29 is 13.2 Å². The van der Waals surface area contributed by atoms with Crippen LogP contribution in [-0.4, -0.2) is 8.80 Å². The predicted octanol–water partition coefficient (Wildman–Crippen LogP) is 7.99. The van der Waals surface area contributed by atoms with E-state index in [-0.39, 0.29) is 5.92 Å². The molecule has 0 aromatic heterocycles. The van der Waals surface area contributed by atoms with Gasteiger partial charge in [-0.05, 0) is 61.1 Å². The van der Waals surface area contributed by atoms with E-state index in [1.165, 1.54) is 57.1 Å². The molecule has 1 aliphatic heterocycles. The van der Waals surface area contributed by atoms with Crippen molar-refractivity contribution in [1.82, 2.24) is 0 Å². The molecule has 1 aromatic carbocycles. The summed E-state index contributed by atoms with van der Waals surface area (Å²) in [6.45, 7) is 2.29. The standard InChI is InChI=1S/C24H37F3Si/c1-2-3-4-13-28-14-11-19(12-15-28)6-5-18-7-9-20(10-8-18)21-16-22(25)24(27)23(26)17-21/h16-20,28H,2-15H2,1H3. The van der Waals surface area contributed by atoms with Gasteiger partial charge < -0.3 is 0 Å². The second-order valence-corrected chi connectivity index (χ2v) is 12.9. The van der Waals surface area contributed by atoms with E-state index in [4.69, 9.17) is 0 Å². The van der Waals surface area contributed by atoms with Gasteiger partial charge in [0.25, 0.3) is 0 Å².